The Balaban J connectivity index is 1.46. The van der Waals surface area contributed by atoms with Gasteiger partial charge in [0.2, 0.25) is 0 Å². The number of rotatable bonds is 2. The Hall–Kier alpha value is -6.10. The van der Waals surface area contributed by atoms with Gasteiger partial charge in [-0.05, 0) is 65.1 Å². The molecule has 0 bridgehead atoms. The Bertz CT molecular complexity index is 2530. The van der Waals surface area contributed by atoms with Gasteiger partial charge in [-0.25, -0.2) is 0 Å². The molecular formula is C40H24N4. The Labute approximate surface area is 253 Å². The van der Waals surface area contributed by atoms with E-state index in [4.69, 9.17) is 0 Å². The molecule has 0 radical (unpaired) electrons. The number of hydrogen-bond acceptors (Lipinski definition) is 2. The zero-order chi connectivity index (χ0) is 29.4. The van der Waals surface area contributed by atoms with Crippen LogP contribution in [0.1, 0.15) is 22.4 Å². The van der Waals surface area contributed by atoms with E-state index in [0.29, 0.717) is 16.8 Å². The standard InChI is InChI=1S/C40H24N4/c41-23-25-21-37(43-33-15-7-5-13-30(33)31-14-6-8-16-34(31)43)32(24-42)38(22-25)44-35-19-17-26-9-1-3-11-28(26)39(35)40-29-12-4-2-10-27(29)18-20-36(40)44/h1-17,19,21-22H,18,20H2. The molecule has 4 nitrogen and oxygen atoms in total. The minimum atomic E-state index is 0.517. The molecule has 204 valence electrons. The van der Waals surface area contributed by atoms with Crippen molar-refractivity contribution in [2.24, 2.45) is 0 Å². The first kappa shape index (κ1) is 24.5. The second kappa shape index (κ2) is 9.20. The van der Waals surface area contributed by atoms with Crippen molar-refractivity contribution in [3.63, 3.8) is 0 Å². The average molecular weight is 561 g/mol. The molecule has 2 heterocycles. The molecule has 1 aliphatic carbocycles. The van der Waals surface area contributed by atoms with E-state index in [2.05, 4.69) is 106 Å². The fourth-order valence-electron chi connectivity index (χ4n) is 7.47. The first-order chi connectivity index (χ1) is 21.8. The van der Waals surface area contributed by atoms with E-state index in [1.54, 1.807) is 0 Å². The maximum atomic E-state index is 11.0. The van der Waals surface area contributed by atoms with Crippen LogP contribution in [0.2, 0.25) is 0 Å². The highest BCUT2D eigenvalue weighted by Crippen LogP contribution is 2.46. The fourth-order valence-corrected chi connectivity index (χ4v) is 7.47. The summed E-state index contributed by atoms with van der Waals surface area (Å²) in [6, 6.07) is 46.9. The van der Waals surface area contributed by atoms with Crippen molar-refractivity contribution in [3.05, 3.63) is 144 Å². The number of fused-ring (bicyclic) bond motifs is 10. The minimum Gasteiger partial charge on any atom is -0.311 e. The number of benzene rings is 6. The van der Waals surface area contributed by atoms with E-state index >= 15 is 0 Å². The van der Waals surface area contributed by atoms with Gasteiger partial charge in [0.15, 0.2) is 0 Å². The van der Waals surface area contributed by atoms with Crippen LogP contribution in [0.25, 0.3) is 66.0 Å². The zero-order valence-electron chi connectivity index (χ0n) is 23.8. The summed E-state index contributed by atoms with van der Waals surface area (Å²) < 4.78 is 4.42. The van der Waals surface area contributed by atoms with Crippen molar-refractivity contribution >= 4 is 43.5 Å². The maximum absolute atomic E-state index is 11.0. The quantitative estimate of drug-likeness (QED) is 0.211. The van der Waals surface area contributed by atoms with Crippen LogP contribution < -0.4 is 0 Å². The average Bonchev–Trinajstić information content (AvgIpc) is 3.61. The van der Waals surface area contributed by atoms with Gasteiger partial charge in [-0.3, -0.25) is 0 Å². The predicted molar refractivity (Wildman–Crippen MR) is 177 cm³/mol. The molecule has 0 atom stereocenters. The molecule has 0 spiro atoms. The molecule has 0 fully saturated rings. The van der Waals surface area contributed by atoms with E-state index in [1.807, 2.05) is 36.4 Å². The van der Waals surface area contributed by atoms with Crippen LogP contribution in [0.3, 0.4) is 0 Å². The number of aryl methyl sites for hydroxylation is 1. The monoisotopic (exact) mass is 560 g/mol. The lowest BCUT2D eigenvalue weighted by Gasteiger charge is -2.21. The summed E-state index contributed by atoms with van der Waals surface area (Å²) in [6.45, 7) is 0. The van der Waals surface area contributed by atoms with Gasteiger partial charge < -0.3 is 9.13 Å². The number of para-hydroxylation sites is 2. The second-order valence-corrected chi connectivity index (χ2v) is 11.5. The second-order valence-electron chi connectivity index (χ2n) is 11.5. The summed E-state index contributed by atoms with van der Waals surface area (Å²) in [5.74, 6) is 0. The maximum Gasteiger partial charge on any atom is 0.104 e. The van der Waals surface area contributed by atoms with E-state index in [0.717, 1.165) is 45.9 Å². The fraction of sp³-hybridized carbons (Fsp3) is 0.0500. The van der Waals surface area contributed by atoms with Crippen LogP contribution in [0.15, 0.2) is 121 Å². The number of aromatic nitrogens is 2. The van der Waals surface area contributed by atoms with Crippen molar-refractivity contribution in [1.82, 2.24) is 9.13 Å². The largest absolute Gasteiger partial charge is 0.311 e. The molecular weight excluding hydrogens is 536 g/mol. The molecule has 2 aromatic heterocycles. The molecule has 0 aliphatic heterocycles. The van der Waals surface area contributed by atoms with Gasteiger partial charge in [0.05, 0.1) is 39.6 Å². The van der Waals surface area contributed by atoms with Crippen molar-refractivity contribution < 1.29 is 0 Å². The van der Waals surface area contributed by atoms with Crippen molar-refractivity contribution in [2.75, 3.05) is 0 Å². The summed E-state index contributed by atoms with van der Waals surface area (Å²) in [7, 11) is 0. The highest BCUT2D eigenvalue weighted by atomic mass is 15.0. The van der Waals surface area contributed by atoms with E-state index in [-0.39, 0.29) is 0 Å². The predicted octanol–water partition coefficient (Wildman–Crippen LogP) is 9.39. The van der Waals surface area contributed by atoms with Crippen molar-refractivity contribution in [2.45, 2.75) is 12.8 Å². The molecule has 8 aromatic rings. The third-order valence-corrected chi connectivity index (χ3v) is 9.27. The zero-order valence-corrected chi connectivity index (χ0v) is 23.8. The normalized spacial score (nSPS) is 12.3. The lowest BCUT2D eigenvalue weighted by atomic mass is 9.87. The molecule has 0 amide bonds. The lowest BCUT2D eigenvalue weighted by molar-refractivity contribution is 0.863. The molecule has 0 N–H and O–H groups in total. The lowest BCUT2D eigenvalue weighted by Crippen LogP contribution is -2.11. The van der Waals surface area contributed by atoms with Crippen LogP contribution >= 0.6 is 0 Å². The molecule has 0 unspecified atom stereocenters. The summed E-state index contributed by atoms with van der Waals surface area (Å²) >= 11 is 0. The smallest absolute Gasteiger partial charge is 0.104 e. The minimum absolute atomic E-state index is 0.517. The van der Waals surface area contributed by atoms with Crippen LogP contribution in [0, 0.1) is 22.7 Å². The van der Waals surface area contributed by atoms with Gasteiger partial charge in [0, 0.05) is 27.4 Å². The molecule has 6 aromatic carbocycles. The van der Waals surface area contributed by atoms with Gasteiger partial charge in [-0.1, -0.05) is 91.0 Å². The Morgan fingerprint density at radius 1 is 0.545 bits per heavy atom. The highest BCUT2D eigenvalue weighted by Gasteiger charge is 2.28. The third-order valence-electron chi connectivity index (χ3n) is 9.27. The van der Waals surface area contributed by atoms with E-state index in [1.165, 1.54) is 38.5 Å². The first-order valence-electron chi connectivity index (χ1n) is 14.9. The molecule has 0 saturated heterocycles. The van der Waals surface area contributed by atoms with Gasteiger partial charge in [-0.2, -0.15) is 10.5 Å². The number of hydrogen-bond donors (Lipinski definition) is 0. The third kappa shape index (κ3) is 3.26. The molecule has 44 heavy (non-hydrogen) atoms. The van der Waals surface area contributed by atoms with Crippen LogP contribution in [0.5, 0.6) is 0 Å². The molecule has 0 saturated carbocycles. The number of nitrogens with zero attached hydrogens (tertiary/aromatic N) is 4. The summed E-state index contributed by atoms with van der Waals surface area (Å²) in [4.78, 5) is 0. The van der Waals surface area contributed by atoms with Gasteiger partial charge in [0.25, 0.3) is 0 Å². The Morgan fingerprint density at radius 3 is 1.91 bits per heavy atom. The Morgan fingerprint density at radius 2 is 1.18 bits per heavy atom. The van der Waals surface area contributed by atoms with E-state index in [9.17, 15) is 10.5 Å². The van der Waals surface area contributed by atoms with Gasteiger partial charge in [0.1, 0.15) is 11.6 Å². The van der Waals surface area contributed by atoms with Crippen LogP contribution in [0.4, 0.5) is 0 Å². The first-order valence-corrected chi connectivity index (χ1v) is 14.9. The SMILES string of the molecule is N#Cc1cc(-n2c3c(c4c5ccccc5ccc42)-c2ccccc2CC3)c(C#N)c(-n2c3ccccc3c3ccccc32)c1. The highest BCUT2D eigenvalue weighted by molar-refractivity contribution is 6.16. The summed E-state index contributed by atoms with van der Waals surface area (Å²) in [5, 5.41) is 27.1. The molecule has 1 aliphatic rings. The number of nitriles is 2. The van der Waals surface area contributed by atoms with E-state index < -0.39 is 0 Å². The van der Waals surface area contributed by atoms with Crippen molar-refractivity contribution in [1.29, 1.82) is 10.5 Å². The van der Waals surface area contributed by atoms with Gasteiger partial charge in [-0.15, -0.1) is 0 Å². The van der Waals surface area contributed by atoms with Crippen LogP contribution in [-0.4, -0.2) is 9.13 Å². The topological polar surface area (TPSA) is 57.4 Å². The Kier molecular flexibility index (Phi) is 5.12. The van der Waals surface area contributed by atoms with Crippen LogP contribution in [-0.2, 0) is 12.8 Å². The van der Waals surface area contributed by atoms with Crippen molar-refractivity contribution in [3.8, 4) is 34.6 Å². The van der Waals surface area contributed by atoms with Gasteiger partial charge >= 0.3 is 0 Å². The summed E-state index contributed by atoms with van der Waals surface area (Å²) in [5.41, 5.74) is 10.6. The molecule has 9 rings (SSSR count). The summed E-state index contributed by atoms with van der Waals surface area (Å²) in [6.07, 6.45) is 1.75. The molecule has 4 heteroatoms.